The van der Waals surface area contributed by atoms with E-state index in [9.17, 15) is 0 Å². The van der Waals surface area contributed by atoms with E-state index in [1.165, 1.54) is 16.7 Å². The molecule has 0 aliphatic heterocycles. The Kier molecular flexibility index (Phi) is 6.83. The van der Waals surface area contributed by atoms with Crippen LogP contribution in [0.15, 0.2) is 125 Å². The molecule has 0 fully saturated rings. The Labute approximate surface area is 203 Å². The summed E-state index contributed by atoms with van der Waals surface area (Å²) in [6.45, 7) is 0.704. The molecule has 166 valence electrons. The Morgan fingerprint density at radius 3 is 2.15 bits per heavy atom. The monoisotopic (exact) mass is 460 g/mol. The number of hydrogen-bond acceptors (Lipinski definition) is 4. The fourth-order valence-corrected chi connectivity index (χ4v) is 4.54. The van der Waals surface area contributed by atoms with Crippen LogP contribution in [0, 0.1) is 0 Å². The first-order chi connectivity index (χ1) is 16.9. The van der Waals surface area contributed by atoms with Crippen LogP contribution in [-0.2, 0) is 6.42 Å². The van der Waals surface area contributed by atoms with Gasteiger partial charge in [-0.3, -0.25) is 9.98 Å². The molecule has 5 aromatic rings. The molecule has 2 heterocycles. The minimum absolute atomic E-state index is 0.704. The molecule has 5 rings (SSSR count). The minimum atomic E-state index is 0.704. The van der Waals surface area contributed by atoms with Crippen molar-refractivity contribution in [3.63, 3.8) is 0 Å². The van der Waals surface area contributed by atoms with E-state index in [2.05, 4.69) is 83.2 Å². The Morgan fingerprint density at radius 2 is 1.41 bits per heavy atom. The summed E-state index contributed by atoms with van der Waals surface area (Å²) in [6, 6.07) is 35.2. The Balaban J connectivity index is 1.47. The van der Waals surface area contributed by atoms with Gasteiger partial charge in [-0.15, -0.1) is 11.3 Å². The molecule has 0 saturated heterocycles. The fourth-order valence-electron chi connectivity index (χ4n) is 3.68. The lowest BCUT2D eigenvalue weighted by atomic mass is 10.0. The molecule has 0 N–H and O–H groups in total. The molecule has 0 bridgehead atoms. The zero-order chi connectivity index (χ0) is 23.0. The molecule has 4 nitrogen and oxygen atoms in total. The number of aromatic nitrogens is 2. The second-order valence-electron chi connectivity index (χ2n) is 7.78. The summed E-state index contributed by atoms with van der Waals surface area (Å²) in [5.74, 6) is 0. The maximum absolute atomic E-state index is 4.87. The predicted octanol–water partition coefficient (Wildman–Crippen LogP) is 6.30. The third-order valence-electron chi connectivity index (χ3n) is 5.46. The van der Waals surface area contributed by atoms with E-state index >= 15 is 0 Å². The standard InChI is InChI=1S/C29H24N4S/c1-3-9-23(10-4-1)18-20-31-29-33(32-21-27-13-7-8-19-30-27)28(22-34-29)26-16-14-25(15-17-26)24-11-5-2-6-12-24/h1-17,19,21-22H,18,20H2. The Bertz CT molecular complexity index is 1420. The largest absolute Gasteiger partial charge is 0.257 e. The summed E-state index contributed by atoms with van der Waals surface area (Å²) in [5, 5.41) is 6.88. The van der Waals surface area contributed by atoms with Crippen LogP contribution in [0.25, 0.3) is 22.4 Å². The molecule has 0 aliphatic rings. The maximum atomic E-state index is 4.87. The van der Waals surface area contributed by atoms with Gasteiger partial charge in [0.2, 0.25) is 4.80 Å². The van der Waals surface area contributed by atoms with Gasteiger partial charge in [0.25, 0.3) is 0 Å². The summed E-state index contributed by atoms with van der Waals surface area (Å²) >= 11 is 1.60. The van der Waals surface area contributed by atoms with Crippen molar-refractivity contribution in [3.8, 4) is 22.4 Å². The van der Waals surface area contributed by atoms with Crippen molar-refractivity contribution in [1.29, 1.82) is 0 Å². The van der Waals surface area contributed by atoms with Gasteiger partial charge in [0.15, 0.2) is 0 Å². The van der Waals surface area contributed by atoms with Gasteiger partial charge in [-0.05, 0) is 35.2 Å². The number of rotatable bonds is 7. The van der Waals surface area contributed by atoms with Crippen molar-refractivity contribution < 1.29 is 0 Å². The molecule has 0 aliphatic carbocycles. The topological polar surface area (TPSA) is 42.5 Å². The van der Waals surface area contributed by atoms with E-state index in [1.807, 2.05) is 35.0 Å². The van der Waals surface area contributed by atoms with Gasteiger partial charge in [-0.1, -0.05) is 91.0 Å². The first kappa shape index (κ1) is 21.7. The van der Waals surface area contributed by atoms with Gasteiger partial charge in [0.1, 0.15) is 0 Å². The smallest absolute Gasteiger partial charge is 0.206 e. The lowest BCUT2D eigenvalue weighted by Crippen LogP contribution is -2.13. The Morgan fingerprint density at radius 1 is 0.735 bits per heavy atom. The van der Waals surface area contributed by atoms with Crippen molar-refractivity contribution in [2.24, 2.45) is 10.1 Å². The molecule has 0 unspecified atom stereocenters. The van der Waals surface area contributed by atoms with Crippen LogP contribution in [0.1, 0.15) is 11.3 Å². The highest BCUT2D eigenvalue weighted by Crippen LogP contribution is 2.25. The van der Waals surface area contributed by atoms with Gasteiger partial charge >= 0.3 is 0 Å². The zero-order valence-electron chi connectivity index (χ0n) is 18.7. The third kappa shape index (κ3) is 5.27. The minimum Gasteiger partial charge on any atom is -0.257 e. The SMILES string of the molecule is C(=Nn1c(-c2ccc(-c3ccccc3)cc2)csc1=NCCc1ccccc1)c1ccccn1. The highest BCUT2D eigenvalue weighted by Gasteiger charge is 2.08. The van der Waals surface area contributed by atoms with Crippen LogP contribution in [0.5, 0.6) is 0 Å². The molecule has 3 aromatic carbocycles. The molecule has 5 heteroatoms. The summed E-state index contributed by atoms with van der Waals surface area (Å²) < 4.78 is 1.92. The van der Waals surface area contributed by atoms with Crippen LogP contribution >= 0.6 is 11.3 Å². The van der Waals surface area contributed by atoms with Crippen LogP contribution in [0.4, 0.5) is 0 Å². The van der Waals surface area contributed by atoms with Crippen molar-refractivity contribution in [2.75, 3.05) is 6.54 Å². The van der Waals surface area contributed by atoms with Gasteiger partial charge in [0, 0.05) is 23.7 Å². The lowest BCUT2D eigenvalue weighted by Gasteiger charge is -2.06. The van der Waals surface area contributed by atoms with Gasteiger partial charge in [0.05, 0.1) is 17.6 Å². The summed E-state index contributed by atoms with van der Waals surface area (Å²) in [5.41, 5.74) is 6.59. The van der Waals surface area contributed by atoms with Gasteiger partial charge in [-0.25, -0.2) is 4.68 Å². The Hall–Kier alpha value is -4.09. The molecule has 0 spiro atoms. The van der Waals surface area contributed by atoms with E-state index in [-0.39, 0.29) is 0 Å². The normalized spacial score (nSPS) is 11.8. The first-order valence-electron chi connectivity index (χ1n) is 11.2. The fraction of sp³-hybridized carbons (Fsp3) is 0.0690. The molecule has 0 atom stereocenters. The molecule has 0 radical (unpaired) electrons. The average Bonchev–Trinajstić information content (AvgIpc) is 3.32. The van der Waals surface area contributed by atoms with Crippen LogP contribution in [-0.4, -0.2) is 22.4 Å². The molecule has 0 saturated carbocycles. The number of pyridine rings is 1. The van der Waals surface area contributed by atoms with E-state index in [0.29, 0.717) is 6.54 Å². The van der Waals surface area contributed by atoms with Crippen LogP contribution < -0.4 is 4.80 Å². The van der Waals surface area contributed by atoms with E-state index in [4.69, 9.17) is 10.1 Å². The van der Waals surface area contributed by atoms with Crippen molar-refractivity contribution in [1.82, 2.24) is 9.66 Å². The summed E-state index contributed by atoms with van der Waals surface area (Å²) in [7, 11) is 0. The quantitative estimate of drug-likeness (QED) is 0.263. The molecular formula is C29H24N4S. The van der Waals surface area contributed by atoms with E-state index < -0.39 is 0 Å². The average molecular weight is 461 g/mol. The van der Waals surface area contributed by atoms with Gasteiger partial charge in [-0.2, -0.15) is 5.10 Å². The summed E-state index contributed by atoms with van der Waals surface area (Å²) in [4.78, 5) is 10.1. The maximum Gasteiger partial charge on any atom is 0.206 e. The first-order valence-corrected chi connectivity index (χ1v) is 12.1. The number of benzene rings is 3. The number of thiazole rings is 1. The van der Waals surface area contributed by atoms with Gasteiger partial charge < -0.3 is 0 Å². The van der Waals surface area contributed by atoms with E-state index in [0.717, 1.165) is 28.2 Å². The van der Waals surface area contributed by atoms with Crippen molar-refractivity contribution in [3.05, 3.63) is 131 Å². The second-order valence-corrected chi connectivity index (χ2v) is 8.61. The molecule has 0 amide bonds. The lowest BCUT2D eigenvalue weighted by molar-refractivity contribution is 0.816. The van der Waals surface area contributed by atoms with Crippen LogP contribution in [0.2, 0.25) is 0 Å². The third-order valence-corrected chi connectivity index (χ3v) is 6.31. The summed E-state index contributed by atoms with van der Waals surface area (Å²) in [6.07, 6.45) is 4.45. The molecule has 2 aromatic heterocycles. The highest BCUT2D eigenvalue weighted by molar-refractivity contribution is 7.07. The van der Waals surface area contributed by atoms with Crippen LogP contribution in [0.3, 0.4) is 0 Å². The second kappa shape index (κ2) is 10.7. The molecular weight excluding hydrogens is 436 g/mol. The highest BCUT2D eigenvalue weighted by atomic mass is 32.1. The number of nitrogens with zero attached hydrogens (tertiary/aromatic N) is 4. The predicted molar refractivity (Wildman–Crippen MR) is 141 cm³/mol. The van der Waals surface area contributed by atoms with E-state index in [1.54, 1.807) is 23.7 Å². The zero-order valence-corrected chi connectivity index (χ0v) is 19.5. The van der Waals surface area contributed by atoms with Crippen molar-refractivity contribution in [2.45, 2.75) is 6.42 Å². The van der Waals surface area contributed by atoms with Crippen molar-refractivity contribution >= 4 is 17.6 Å². The number of hydrogen-bond donors (Lipinski definition) is 0. The molecule has 34 heavy (non-hydrogen) atoms.